The smallest absolute Gasteiger partial charge is 0.349 e. The Balaban J connectivity index is 0.000000325. The summed E-state index contributed by atoms with van der Waals surface area (Å²) in [6, 6.07) is 8.69. The lowest BCUT2D eigenvalue weighted by Crippen LogP contribution is -2.03. The number of carbonyl (C=O) groups excluding carboxylic acids is 1. The Bertz CT molecular complexity index is 287. The summed E-state index contributed by atoms with van der Waals surface area (Å²) in [5, 5.41) is 16.2. The van der Waals surface area contributed by atoms with Crippen LogP contribution < -0.4 is 0 Å². The van der Waals surface area contributed by atoms with Crippen molar-refractivity contribution in [1.82, 2.24) is 0 Å². The van der Waals surface area contributed by atoms with E-state index >= 15 is 0 Å². The molecule has 0 bridgehead atoms. The van der Waals surface area contributed by atoms with Gasteiger partial charge in [-0.25, -0.2) is 4.79 Å². The summed E-state index contributed by atoms with van der Waals surface area (Å²) in [5.41, 5.74) is 0.512. The van der Waals surface area contributed by atoms with E-state index in [4.69, 9.17) is 10.2 Å². The van der Waals surface area contributed by atoms with E-state index in [-0.39, 0.29) is 13.2 Å². The van der Waals surface area contributed by atoms with E-state index in [1.165, 1.54) is 0 Å². The lowest BCUT2D eigenvalue weighted by Gasteiger charge is -1.94. The molecule has 0 saturated heterocycles. The lowest BCUT2D eigenvalue weighted by atomic mass is 10.2. The maximum absolute atomic E-state index is 10.7. The summed E-state index contributed by atoms with van der Waals surface area (Å²) in [5.74, 6) is -0.427. The highest BCUT2D eigenvalue weighted by atomic mass is 32.1. The lowest BCUT2D eigenvalue weighted by molar-refractivity contribution is 0.0650. The van der Waals surface area contributed by atoms with Crippen LogP contribution in [0.4, 0.5) is 0 Å². The van der Waals surface area contributed by atoms with Crippen molar-refractivity contribution in [2.45, 2.75) is 0 Å². The first-order valence-corrected chi connectivity index (χ1v) is 5.33. The van der Waals surface area contributed by atoms with Gasteiger partial charge in [-0.1, -0.05) is 18.2 Å². The summed E-state index contributed by atoms with van der Waals surface area (Å²) in [7, 11) is 0. The Kier molecular flexibility index (Phi) is 10.7. The zero-order valence-electron chi connectivity index (χ0n) is 9.28. The molecule has 0 radical (unpaired) electrons. The van der Waals surface area contributed by atoms with Crippen LogP contribution >= 0.6 is 12.9 Å². The van der Waals surface area contributed by atoms with Gasteiger partial charge in [0.1, 0.15) is 0 Å². The average molecular weight is 260 g/mol. The molecule has 0 unspecified atom stereocenters. The van der Waals surface area contributed by atoms with E-state index in [0.717, 1.165) is 0 Å². The van der Waals surface area contributed by atoms with Gasteiger partial charge in [-0.15, -0.1) is 0 Å². The number of thiol groups is 1. The molecule has 0 spiro atoms. The summed E-state index contributed by atoms with van der Waals surface area (Å²) in [6.45, 7) is 0.696. The van der Waals surface area contributed by atoms with E-state index in [9.17, 15) is 4.79 Å². The summed E-state index contributed by atoms with van der Waals surface area (Å²) >= 11 is 3.38. The van der Waals surface area contributed by atoms with Gasteiger partial charge in [-0.05, 0) is 12.1 Å². The van der Waals surface area contributed by atoms with E-state index in [1.807, 2.05) is 6.07 Å². The van der Waals surface area contributed by atoms with Crippen molar-refractivity contribution in [3.63, 3.8) is 0 Å². The minimum atomic E-state index is -0.427. The van der Waals surface area contributed by atoms with Crippen LogP contribution in [0.25, 0.3) is 0 Å². The summed E-state index contributed by atoms with van der Waals surface area (Å²) in [4.78, 5) is 10.7. The molecule has 1 aromatic carbocycles. The van der Waals surface area contributed by atoms with Crippen LogP contribution in [0, 0.1) is 0 Å². The molecule has 96 valence electrons. The van der Waals surface area contributed by atoms with Crippen LogP contribution in [-0.2, 0) is 8.92 Å². The predicted octanol–water partition coefficient (Wildman–Crippen LogP) is 0.676. The third kappa shape index (κ3) is 8.70. The Morgan fingerprint density at radius 1 is 1.12 bits per heavy atom. The van der Waals surface area contributed by atoms with Crippen molar-refractivity contribution in [3.05, 3.63) is 35.9 Å². The van der Waals surface area contributed by atoms with Gasteiger partial charge < -0.3 is 19.1 Å². The first-order valence-electron chi connectivity index (χ1n) is 4.96. The third-order valence-corrected chi connectivity index (χ3v) is 1.73. The molecule has 0 aromatic heterocycles. The molecule has 0 heterocycles. The second-order valence-electron chi connectivity index (χ2n) is 2.80. The van der Waals surface area contributed by atoms with Crippen LogP contribution in [-0.4, -0.2) is 42.6 Å². The monoisotopic (exact) mass is 260 g/mol. The molecular formula is C11H16O5S. The highest BCUT2D eigenvalue weighted by Crippen LogP contribution is 2.01. The van der Waals surface area contributed by atoms with Crippen molar-refractivity contribution in [1.29, 1.82) is 0 Å². The Morgan fingerprint density at radius 2 is 1.65 bits per heavy atom. The maximum Gasteiger partial charge on any atom is 0.349 e. The zero-order valence-corrected chi connectivity index (χ0v) is 10.2. The number of hydrogen-bond acceptors (Lipinski definition) is 6. The molecule has 0 amide bonds. The third-order valence-electron chi connectivity index (χ3n) is 1.56. The van der Waals surface area contributed by atoms with Gasteiger partial charge in [0.2, 0.25) is 0 Å². The van der Waals surface area contributed by atoms with E-state index < -0.39 is 5.97 Å². The second kappa shape index (κ2) is 11.4. The molecule has 2 N–H and O–H groups in total. The number of ether oxygens (including phenoxy) is 1. The number of benzene rings is 1. The van der Waals surface area contributed by atoms with Gasteiger partial charge in [-0.2, -0.15) is 0 Å². The topological polar surface area (TPSA) is 76.0 Å². The summed E-state index contributed by atoms with van der Waals surface area (Å²) < 4.78 is 8.82. The van der Waals surface area contributed by atoms with Crippen LogP contribution in [0.3, 0.4) is 0 Å². The van der Waals surface area contributed by atoms with E-state index in [1.54, 1.807) is 24.3 Å². The molecule has 0 saturated carbocycles. The maximum atomic E-state index is 10.7. The zero-order chi connectivity index (χ0) is 12.9. The van der Waals surface area contributed by atoms with Crippen molar-refractivity contribution in [2.75, 3.05) is 26.4 Å². The fourth-order valence-electron chi connectivity index (χ4n) is 0.858. The minimum absolute atomic E-state index is 0.0278. The number of carbonyl (C=O) groups is 1. The van der Waals surface area contributed by atoms with Gasteiger partial charge in [0.15, 0.2) is 0 Å². The predicted molar refractivity (Wildman–Crippen MR) is 65.8 cm³/mol. The number of aliphatic hydroxyl groups excluding tert-OH is 2. The highest BCUT2D eigenvalue weighted by molar-refractivity contribution is 7.75. The fraction of sp³-hybridized carbons (Fsp3) is 0.364. The molecule has 1 rings (SSSR count). The Morgan fingerprint density at radius 3 is 2.06 bits per heavy atom. The van der Waals surface area contributed by atoms with Crippen molar-refractivity contribution >= 4 is 18.9 Å². The molecule has 0 aliphatic heterocycles. The normalized spacial score (nSPS) is 9.12. The largest absolute Gasteiger partial charge is 0.394 e. The molecule has 1 aromatic rings. The molecule has 17 heavy (non-hydrogen) atoms. The summed E-state index contributed by atoms with van der Waals surface area (Å²) in [6.07, 6.45) is 0. The van der Waals surface area contributed by atoms with Crippen LogP contribution in [0.15, 0.2) is 30.3 Å². The number of hydrogen-bond donors (Lipinski definition) is 3. The molecular weight excluding hydrogens is 244 g/mol. The first-order chi connectivity index (χ1) is 8.26. The molecule has 0 aliphatic rings. The Hall–Kier alpha value is -1.08. The Labute approximate surface area is 106 Å². The standard InChI is InChI=1S/C7H6O2S.C4H10O3/c8-7(9-10)6-4-2-1-3-5-6;5-1-3-7-4-2-6/h1-5,10H;5-6H,1-4H2. The molecule has 0 aliphatic carbocycles. The SMILES string of the molecule is O=C(OS)c1ccccc1.OCCOCCO. The highest BCUT2D eigenvalue weighted by Gasteiger charge is 2.01. The van der Waals surface area contributed by atoms with E-state index in [0.29, 0.717) is 18.8 Å². The van der Waals surface area contributed by atoms with Crippen molar-refractivity contribution in [2.24, 2.45) is 0 Å². The minimum Gasteiger partial charge on any atom is -0.394 e. The van der Waals surface area contributed by atoms with Gasteiger partial charge in [-0.3, -0.25) is 0 Å². The fourth-order valence-corrected chi connectivity index (χ4v) is 0.964. The van der Waals surface area contributed by atoms with Crippen LogP contribution in [0.5, 0.6) is 0 Å². The first kappa shape index (κ1) is 15.9. The van der Waals surface area contributed by atoms with Crippen molar-refractivity contribution in [3.8, 4) is 0 Å². The van der Waals surface area contributed by atoms with Crippen molar-refractivity contribution < 1.29 is 23.9 Å². The van der Waals surface area contributed by atoms with Crippen LogP contribution in [0.1, 0.15) is 10.4 Å². The van der Waals surface area contributed by atoms with Gasteiger partial charge in [0, 0.05) is 12.9 Å². The van der Waals surface area contributed by atoms with Gasteiger partial charge in [0.05, 0.1) is 32.0 Å². The quantitative estimate of drug-likeness (QED) is 0.412. The molecule has 0 fully saturated rings. The molecule has 6 heteroatoms. The molecule has 0 atom stereocenters. The average Bonchev–Trinajstić information content (AvgIpc) is 2.40. The number of aliphatic hydroxyl groups is 2. The van der Waals surface area contributed by atoms with E-state index in [2.05, 4.69) is 21.8 Å². The second-order valence-corrected chi connectivity index (χ2v) is 2.99. The van der Waals surface area contributed by atoms with Gasteiger partial charge in [0.25, 0.3) is 0 Å². The molecule has 5 nitrogen and oxygen atoms in total. The van der Waals surface area contributed by atoms with Crippen LogP contribution in [0.2, 0.25) is 0 Å². The van der Waals surface area contributed by atoms with Gasteiger partial charge >= 0.3 is 5.97 Å². The number of rotatable bonds is 5.